The SMILES string of the molecule is CN(C(=O)C1CCN(C(=O)OC(C)(C)C)CC1)C(c1ccccc1)c1ccccn1. The molecule has 160 valence electrons. The Morgan fingerprint density at radius 2 is 1.70 bits per heavy atom. The van der Waals surface area contributed by atoms with E-state index in [0.717, 1.165) is 11.3 Å². The maximum atomic E-state index is 13.4. The summed E-state index contributed by atoms with van der Waals surface area (Å²) in [6, 6.07) is 15.5. The van der Waals surface area contributed by atoms with Gasteiger partial charge in [-0.3, -0.25) is 9.78 Å². The number of nitrogens with zero attached hydrogens (tertiary/aromatic N) is 3. The first-order valence-electron chi connectivity index (χ1n) is 10.5. The zero-order valence-electron chi connectivity index (χ0n) is 18.2. The lowest BCUT2D eigenvalue weighted by Gasteiger charge is -2.36. The Kier molecular flexibility index (Phi) is 6.75. The highest BCUT2D eigenvalue weighted by Crippen LogP contribution is 2.30. The van der Waals surface area contributed by atoms with E-state index in [1.165, 1.54) is 0 Å². The van der Waals surface area contributed by atoms with E-state index in [1.54, 1.807) is 16.0 Å². The van der Waals surface area contributed by atoms with E-state index in [0.29, 0.717) is 25.9 Å². The van der Waals surface area contributed by atoms with Gasteiger partial charge in [-0.15, -0.1) is 0 Å². The first-order valence-corrected chi connectivity index (χ1v) is 10.5. The van der Waals surface area contributed by atoms with Crippen LogP contribution in [-0.4, -0.2) is 52.5 Å². The van der Waals surface area contributed by atoms with Crippen molar-refractivity contribution in [2.45, 2.75) is 45.3 Å². The van der Waals surface area contributed by atoms with E-state index in [2.05, 4.69) is 4.98 Å². The van der Waals surface area contributed by atoms with Gasteiger partial charge >= 0.3 is 6.09 Å². The molecule has 1 aliphatic rings. The Balaban J connectivity index is 1.70. The molecule has 1 aromatic carbocycles. The highest BCUT2D eigenvalue weighted by molar-refractivity contribution is 5.80. The standard InChI is InChI=1S/C24H31N3O3/c1-24(2,3)30-23(29)27-16-13-19(14-17-27)22(28)26(4)21(18-10-6-5-7-11-18)20-12-8-9-15-25-20/h5-12,15,19,21H,13-14,16-17H2,1-4H3. The molecule has 0 spiro atoms. The highest BCUT2D eigenvalue weighted by atomic mass is 16.6. The number of hydrogen-bond donors (Lipinski definition) is 0. The lowest BCUT2D eigenvalue weighted by Crippen LogP contribution is -2.45. The van der Waals surface area contributed by atoms with E-state index in [1.807, 2.05) is 76.3 Å². The van der Waals surface area contributed by atoms with Gasteiger partial charge in [0, 0.05) is 32.3 Å². The minimum Gasteiger partial charge on any atom is -0.444 e. The largest absolute Gasteiger partial charge is 0.444 e. The number of rotatable bonds is 4. The van der Waals surface area contributed by atoms with Crippen LogP contribution < -0.4 is 0 Å². The molecule has 2 amide bonds. The molecule has 6 nitrogen and oxygen atoms in total. The molecule has 0 radical (unpaired) electrons. The van der Waals surface area contributed by atoms with Crippen LogP contribution in [0.1, 0.15) is 50.9 Å². The molecule has 1 saturated heterocycles. The third-order valence-corrected chi connectivity index (χ3v) is 5.31. The molecule has 2 heterocycles. The molecule has 3 rings (SSSR count). The van der Waals surface area contributed by atoms with Crippen molar-refractivity contribution in [1.29, 1.82) is 0 Å². The molecule has 0 N–H and O–H groups in total. The maximum absolute atomic E-state index is 13.4. The Labute approximate surface area is 178 Å². The summed E-state index contributed by atoms with van der Waals surface area (Å²) in [6.45, 7) is 6.63. The average molecular weight is 410 g/mol. The number of aromatic nitrogens is 1. The normalized spacial score (nSPS) is 16.1. The topological polar surface area (TPSA) is 62.7 Å². The van der Waals surface area contributed by atoms with Gasteiger partial charge in [-0.1, -0.05) is 36.4 Å². The Morgan fingerprint density at radius 1 is 1.07 bits per heavy atom. The second-order valence-corrected chi connectivity index (χ2v) is 8.76. The first kappa shape index (κ1) is 21.8. The lowest BCUT2D eigenvalue weighted by molar-refractivity contribution is -0.137. The van der Waals surface area contributed by atoms with Crippen LogP contribution in [0, 0.1) is 5.92 Å². The predicted octanol–water partition coefficient (Wildman–Crippen LogP) is 4.28. The molecule has 1 fully saturated rings. The summed E-state index contributed by atoms with van der Waals surface area (Å²) in [5.74, 6) is -0.0399. The van der Waals surface area contributed by atoms with Crippen LogP contribution in [0.3, 0.4) is 0 Å². The van der Waals surface area contributed by atoms with Gasteiger partial charge in [-0.05, 0) is 51.3 Å². The Bertz CT molecular complexity index is 802. The van der Waals surface area contributed by atoms with Gasteiger partial charge in [0.05, 0.1) is 11.7 Å². The number of benzene rings is 1. The van der Waals surface area contributed by atoms with Crippen LogP contribution in [0.25, 0.3) is 0 Å². The molecule has 30 heavy (non-hydrogen) atoms. The zero-order valence-corrected chi connectivity index (χ0v) is 18.2. The van der Waals surface area contributed by atoms with Crippen LogP contribution in [0.4, 0.5) is 4.79 Å². The van der Waals surface area contributed by atoms with Gasteiger partial charge < -0.3 is 14.5 Å². The van der Waals surface area contributed by atoms with Crippen LogP contribution in [0.2, 0.25) is 0 Å². The fourth-order valence-corrected chi connectivity index (χ4v) is 3.82. The van der Waals surface area contributed by atoms with Crippen LogP contribution in [-0.2, 0) is 9.53 Å². The molecule has 0 aliphatic carbocycles. The molecule has 0 saturated carbocycles. The van der Waals surface area contributed by atoms with Crippen LogP contribution in [0.15, 0.2) is 54.7 Å². The molecule has 6 heteroatoms. The Hall–Kier alpha value is -2.89. The summed E-state index contributed by atoms with van der Waals surface area (Å²) in [5, 5.41) is 0. The number of likely N-dealkylation sites (tertiary alicyclic amines) is 1. The molecule has 1 aromatic heterocycles. The van der Waals surface area contributed by atoms with E-state index in [-0.39, 0.29) is 24.0 Å². The summed E-state index contributed by atoms with van der Waals surface area (Å²) >= 11 is 0. The minimum atomic E-state index is -0.518. The fourth-order valence-electron chi connectivity index (χ4n) is 3.82. The summed E-state index contributed by atoms with van der Waals surface area (Å²) in [5.41, 5.74) is 1.35. The Morgan fingerprint density at radius 3 is 2.27 bits per heavy atom. The number of hydrogen-bond acceptors (Lipinski definition) is 4. The molecule has 1 aliphatic heterocycles. The molecule has 2 aromatic rings. The third-order valence-electron chi connectivity index (χ3n) is 5.31. The lowest BCUT2D eigenvalue weighted by atomic mass is 9.93. The van der Waals surface area contributed by atoms with Crippen LogP contribution >= 0.6 is 0 Å². The van der Waals surface area contributed by atoms with Crippen LogP contribution in [0.5, 0.6) is 0 Å². The summed E-state index contributed by atoms with van der Waals surface area (Å²) < 4.78 is 5.46. The molecule has 1 atom stereocenters. The third kappa shape index (κ3) is 5.38. The summed E-state index contributed by atoms with van der Waals surface area (Å²) in [4.78, 5) is 33.7. The molecular weight excluding hydrogens is 378 g/mol. The second-order valence-electron chi connectivity index (χ2n) is 8.76. The van der Waals surface area contributed by atoms with Gasteiger partial charge in [0.25, 0.3) is 0 Å². The number of carbonyl (C=O) groups is 2. The van der Waals surface area contributed by atoms with E-state index >= 15 is 0 Å². The highest BCUT2D eigenvalue weighted by Gasteiger charge is 2.34. The number of carbonyl (C=O) groups excluding carboxylic acids is 2. The molecule has 0 bridgehead atoms. The van der Waals surface area contributed by atoms with E-state index in [9.17, 15) is 9.59 Å². The maximum Gasteiger partial charge on any atom is 0.410 e. The van der Waals surface area contributed by atoms with Gasteiger partial charge in [0.15, 0.2) is 0 Å². The summed E-state index contributed by atoms with van der Waals surface area (Å²) in [6.07, 6.45) is 2.71. The summed E-state index contributed by atoms with van der Waals surface area (Å²) in [7, 11) is 1.84. The van der Waals surface area contributed by atoms with Gasteiger partial charge in [-0.2, -0.15) is 0 Å². The minimum absolute atomic E-state index is 0.0818. The van der Waals surface area contributed by atoms with Crippen molar-refractivity contribution in [3.63, 3.8) is 0 Å². The van der Waals surface area contributed by atoms with Gasteiger partial charge in [0.2, 0.25) is 5.91 Å². The number of pyridine rings is 1. The van der Waals surface area contributed by atoms with Crippen molar-refractivity contribution in [3.8, 4) is 0 Å². The van der Waals surface area contributed by atoms with Crippen molar-refractivity contribution >= 4 is 12.0 Å². The quantitative estimate of drug-likeness (QED) is 0.756. The number of piperidine rings is 1. The van der Waals surface area contributed by atoms with Crippen molar-refractivity contribution in [3.05, 3.63) is 66.0 Å². The number of ether oxygens (including phenoxy) is 1. The predicted molar refractivity (Wildman–Crippen MR) is 116 cm³/mol. The van der Waals surface area contributed by atoms with Crippen molar-refractivity contribution in [2.75, 3.05) is 20.1 Å². The molecular formula is C24H31N3O3. The van der Waals surface area contributed by atoms with Gasteiger partial charge in [-0.25, -0.2) is 4.79 Å². The van der Waals surface area contributed by atoms with E-state index < -0.39 is 5.60 Å². The smallest absolute Gasteiger partial charge is 0.410 e. The monoisotopic (exact) mass is 409 g/mol. The van der Waals surface area contributed by atoms with Crippen molar-refractivity contribution < 1.29 is 14.3 Å². The number of amides is 2. The fraction of sp³-hybridized carbons (Fsp3) is 0.458. The van der Waals surface area contributed by atoms with Crippen molar-refractivity contribution in [2.24, 2.45) is 5.92 Å². The first-order chi connectivity index (χ1) is 14.3. The average Bonchev–Trinajstić information content (AvgIpc) is 2.74. The van der Waals surface area contributed by atoms with E-state index in [4.69, 9.17) is 4.74 Å². The molecule has 1 unspecified atom stereocenters. The van der Waals surface area contributed by atoms with Crippen molar-refractivity contribution in [1.82, 2.24) is 14.8 Å². The second kappa shape index (κ2) is 9.28. The zero-order chi connectivity index (χ0) is 21.7. The van der Waals surface area contributed by atoms with Gasteiger partial charge in [0.1, 0.15) is 5.60 Å².